The van der Waals surface area contributed by atoms with E-state index in [0.717, 1.165) is 22.7 Å². The van der Waals surface area contributed by atoms with Crippen molar-refractivity contribution < 1.29 is 10.4 Å². The smallest absolute Gasteiger partial charge is 0.292 e. The lowest BCUT2D eigenvalue weighted by molar-refractivity contribution is -0.557. The average Bonchev–Trinajstić information content (AvgIpc) is 2.60. The Morgan fingerprint density at radius 3 is 2.33 bits per heavy atom. The average molecular weight is 324 g/mol. The highest BCUT2D eigenvalue weighted by Gasteiger charge is 2.04. The van der Waals surface area contributed by atoms with Crippen LogP contribution in [0.5, 0.6) is 0 Å². The number of hydrogen-bond donors (Lipinski definition) is 4. The van der Waals surface area contributed by atoms with Gasteiger partial charge in [0.25, 0.3) is 5.82 Å². The summed E-state index contributed by atoms with van der Waals surface area (Å²) in [7, 11) is 3.87. The summed E-state index contributed by atoms with van der Waals surface area (Å²) in [6.45, 7) is 3.94. The molecule has 2 rings (SSSR count). The Hall–Kier alpha value is -3.12. The molecule has 0 heterocycles. The molecular formula is C18H24N6+2. The van der Waals surface area contributed by atoms with E-state index in [2.05, 4.69) is 22.1 Å². The number of rotatable bonds is 7. The molecule has 6 nitrogen and oxygen atoms in total. The monoisotopic (exact) mass is 324 g/mol. The van der Waals surface area contributed by atoms with E-state index >= 15 is 0 Å². The third-order valence-electron chi connectivity index (χ3n) is 3.31. The second-order valence-corrected chi connectivity index (χ2v) is 5.25. The van der Waals surface area contributed by atoms with E-state index in [1.165, 1.54) is 0 Å². The molecule has 24 heavy (non-hydrogen) atoms. The van der Waals surface area contributed by atoms with E-state index in [9.17, 15) is 0 Å². The van der Waals surface area contributed by atoms with Crippen molar-refractivity contribution >= 4 is 22.7 Å². The Morgan fingerprint density at radius 2 is 1.75 bits per heavy atom. The Bertz CT molecular complexity index is 716. The maximum Gasteiger partial charge on any atom is 0.292 e. The Balaban J connectivity index is 1.96. The summed E-state index contributed by atoms with van der Waals surface area (Å²) in [4.78, 5) is 1.86. The zero-order valence-electron chi connectivity index (χ0n) is 14.0. The molecule has 0 saturated carbocycles. The molecule has 0 saturated heterocycles. The second kappa shape index (κ2) is 8.50. The van der Waals surface area contributed by atoms with Gasteiger partial charge in [0.1, 0.15) is 18.1 Å². The number of quaternary nitrogens is 1. The minimum atomic E-state index is 0.692. The van der Waals surface area contributed by atoms with Crippen LogP contribution in [0, 0.1) is 0 Å². The summed E-state index contributed by atoms with van der Waals surface area (Å²) >= 11 is 0. The lowest BCUT2D eigenvalue weighted by Gasteiger charge is -2.06. The summed E-state index contributed by atoms with van der Waals surface area (Å²) in [5.41, 5.74) is 9.22. The molecule has 0 fully saturated rings. The summed E-state index contributed by atoms with van der Waals surface area (Å²) in [5.74, 6) is 0.692. The van der Waals surface area contributed by atoms with Crippen molar-refractivity contribution in [1.82, 2.24) is 4.90 Å². The van der Waals surface area contributed by atoms with Gasteiger partial charge < -0.3 is 16.4 Å². The molecule has 6 N–H and O–H groups in total. The van der Waals surface area contributed by atoms with Gasteiger partial charge in [-0.25, -0.2) is 4.90 Å². The topological polar surface area (TPSA) is 84.2 Å². The fourth-order valence-electron chi connectivity index (χ4n) is 1.87. The largest absolute Gasteiger partial charge is 0.399 e. The number of nitrogens with two attached hydrogens (primary N) is 2. The number of anilines is 3. The Morgan fingerprint density at radius 1 is 1.17 bits per heavy atom. The fraction of sp³-hybridized carbons (Fsp3) is 0.111. The van der Waals surface area contributed by atoms with Crippen LogP contribution in [0.3, 0.4) is 0 Å². The van der Waals surface area contributed by atoms with Crippen molar-refractivity contribution in [2.75, 3.05) is 25.1 Å². The van der Waals surface area contributed by atoms with E-state index in [4.69, 9.17) is 5.73 Å². The third-order valence-corrected chi connectivity index (χ3v) is 3.31. The quantitative estimate of drug-likeness (QED) is 0.457. The van der Waals surface area contributed by atoms with Crippen molar-refractivity contribution in [2.24, 2.45) is 5.11 Å². The summed E-state index contributed by atoms with van der Waals surface area (Å²) in [6, 6.07) is 15.4. The van der Waals surface area contributed by atoms with Gasteiger partial charge in [0, 0.05) is 17.1 Å². The number of hydrogen-bond acceptors (Lipinski definition) is 4. The molecule has 0 aliphatic heterocycles. The molecule has 2 aromatic rings. The van der Waals surface area contributed by atoms with Gasteiger partial charge in [-0.3, -0.25) is 0 Å². The van der Waals surface area contributed by atoms with Crippen molar-refractivity contribution in [3.8, 4) is 0 Å². The normalized spacial score (nSPS) is 11.1. The molecule has 124 valence electrons. The molecule has 0 amide bonds. The van der Waals surface area contributed by atoms with Crippen LogP contribution >= 0.6 is 0 Å². The van der Waals surface area contributed by atoms with Gasteiger partial charge in [-0.1, -0.05) is 5.11 Å². The summed E-state index contributed by atoms with van der Waals surface area (Å²) in [6.07, 6.45) is 3.84. The SMILES string of the molecule is C=C([NH+]=Nc1ccc(Nc2ccc(N)cc2)cc1)N(C)/C=C\[NH2+]C. The zero-order valence-corrected chi connectivity index (χ0v) is 14.0. The number of benzene rings is 2. The van der Waals surface area contributed by atoms with E-state index in [0.29, 0.717) is 5.82 Å². The molecule has 0 bridgehead atoms. The second-order valence-electron chi connectivity index (χ2n) is 5.25. The lowest BCUT2D eigenvalue weighted by atomic mass is 10.2. The van der Waals surface area contributed by atoms with Crippen molar-refractivity contribution in [1.29, 1.82) is 0 Å². The van der Waals surface area contributed by atoms with Gasteiger partial charge >= 0.3 is 0 Å². The van der Waals surface area contributed by atoms with Gasteiger partial charge in [0.05, 0.1) is 14.1 Å². The van der Waals surface area contributed by atoms with Crippen LogP contribution in [0.2, 0.25) is 0 Å². The number of nitrogens with zero attached hydrogens (tertiary/aromatic N) is 2. The van der Waals surface area contributed by atoms with Crippen LogP contribution in [0.15, 0.2) is 78.4 Å². The number of nitrogen functional groups attached to an aromatic ring is 1. The first kappa shape index (κ1) is 17.2. The Kier molecular flexibility index (Phi) is 6.10. The van der Waals surface area contributed by atoms with Crippen LogP contribution in [0.4, 0.5) is 22.7 Å². The molecule has 0 aromatic heterocycles. The first-order valence-corrected chi connectivity index (χ1v) is 7.66. The molecule has 0 aliphatic rings. The van der Waals surface area contributed by atoms with E-state index in [1.807, 2.05) is 85.2 Å². The molecule has 0 spiro atoms. The maximum absolute atomic E-state index is 5.68. The van der Waals surface area contributed by atoms with Crippen LogP contribution < -0.4 is 21.5 Å². The molecule has 0 unspecified atom stereocenters. The van der Waals surface area contributed by atoms with Crippen molar-refractivity contribution in [3.63, 3.8) is 0 Å². The standard InChI is InChI=1S/C18H22N6/c1-14(24(3)13-12-20-2)22-23-18-10-8-17(9-11-18)21-16-6-4-15(19)5-7-16/h4-13,20-21H,1,19H2,2-3H3/p+2/b13-12-,23-22?. The predicted octanol–water partition coefficient (Wildman–Crippen LogP) is 1.24. The fourth-order valence-corrected chi connectivity index (χ4v) is 1.87. The molecular weight excluding hydrogens is 300 g/mol. The maximum atomic E-state index is 5.68. The first-order valence-electron chi connectivity index (χ1n) is 7.66. The van der Waals surface area contributed by atoms with Gasteiger partial charge in [-0.05, 0) is 55.1 Å². The van der Waals surface area contributed by atoms with Crippen LogP contribution in [-0.2, 0) is 0 Å². The van der Waals surface area contributed by atoms with Crippen molar-refractivity contribution in [3.05, 3.63) is 73.3 Å². The van der Waals surface area contributed by atoms with Gasteiger partial charge in [-0.2, -0.15) is 0 Å². The minimum Gasteiger partial charge on any atom is -0.399 e. The molecule has 0 aliphatic carbocycles. The lowest BCUT2D eigenvalue weighted by Crippen LogP contribution is -2.73. The van der Waals surface area contributed by atoms with E-state index in [1.54, 1.807) is 0 Å². The highest BCUT2D eigenvalue weighted by Crippen LogP contribution is 2.20. The van der Waals surface area contributed by atoms with Crippen LogP contribution in [-0.4, -0.2) is 19.0 Å². The molecule has 6 heteroatoms. The van der Waals surface area contributed by atoms with Gasteiger partial charge in [0.2, 0.25) is 0 Å². The van der Waals surface area contributed by atoms with Gasteiger partial charge in [-0.15, -0.1) is 5.11 Å². The van der Waals surface area contributed by atoms with Crippen LogP contribution in [0.25, 0.3) is 0 Å². The Labute approximate surface area is 142 Å². The van der Waals surface area contributed by atoms with E-state index < -0.39 is 0 Å². The first-order chi connectivity index (χ1) is 11.6. The number of azo groups is 1. The van der Waals surface area contributed by atoms with Crippen LogP contribution in [0.1, 0.15) is 0 Å². The zero-order chi connectivity index (χ0) is 17.4. The number of nitrogens with one attached hydrogen (secondary N) is 2. The van der Waals surface area contributed by atoms with E-state index in [-0.39, 0.29) is 0 Å². The highest BCUT2D eigenvalue weighted by atomic mass is 15.3. The highest BCUT2D eigenvalue weighted by molar-refractivity contribution is 5.63. The third kappa shape index (κ3) is 5.26. The summed E-state index contributed by atoms with van der Waals surface area (Å²) < 4.78 is 0. The predicted molar refractivity (Wildman–Crippen MR) is 97.5 cm³/mol. The molecule has 2 aromatic carbocycles. The van der Waals surface area contributed by atoms with Crippen molar-refractivity contribution in [2.45, 2.75) is 0 Å². The molecule has 0 radical (unpaired) electrons. The minimum absolute atomic E-state index is 0.692. The molecule has 0 atom stereocenters. The van der Waals surface area contributed by atoms with Gasteiger partial charge in [0.15, 0.2) is 0 Å². The summed E-state index contributed by atoms with van der Waals surface area (Å²) in [5, 5.41) is 12.5.